The Morgan fingerprint density at radius 1 is 1.53 bits per heavy atom. The van der Waals surface area contributed by atoms with Crippen LogP contribution in [0.15, 0.2) is 18.5 Å². The van der Waals surface area contributed by atoms with Crippen LogP contribution in [0.1, 0.15) is 6.42 Å². The molecule has 1 aromatic heterocycles. The molecule has 0 aromatic carbocycles. The lowest BCUT2D eigenvalue weighted by Gasteiger charge is -2.16. The molecule has 1 aliphatic rings. The zero-order valence-electron chi connectivity index (χ0n) is 8.51. The normalized spacial score (nSPS) is 20.9. The highest BCUT2D eigenvalue weighted by molar-refractivity contribution is 7.87. The molecular formula is C9H8ClFN2O3S. The summed E-state index contributed by atoms with van der Waals surface area (Å²) >= 11 is 5.83. The average molecular weight is 279 g/mol. The van der Waals surface area contributed by atoms with E-state index in [9.17, 15) is 17.1 Å². The van der Waals surface area contributed by atoms with E-state index in [1.807, 2.05) is 0 Å². The Hall–Kier alpha value is -1.21. The fraction of sp³-hybridized carbons (Fsp3) is 0.333. The quantitative estimate of drug-likeness (QED) is 0.761. The first kappa shape index (κ1) is 12.3. The van der Waals surface area contributed by atoms with Gasteiger partial charge in [-0.1, -0.05) is 11.6 Å². The summed E-state index contributed by atoms with van der Waals surface area (Å²) in [6.45, 7) is -0.221. The summed E-state index contributed by atoms with van der Waals surface area (Å²) in [5.74, 6) is -0.468. The monoisotopic (exact) mass is 278 g/mol. The van der Waals surface area contributed by atoms with Crippen LogP contribution in [0, 0.1) is 0 Å². The molecule has 1 fully saturated rings. The number of hydrogen-bond donors (Lipinski definition) is 0. The summed E-state index contributed by atoms with van der Waals surface area (Å²) in [6.07, 6.45) is 2.39. The standard InChI is InChI=1S/C9H8ClFN2O3S/c10-7-4-12-2-1-8(7)13-5-6(3-9(13)14)17(11,15)16/h1-2,4,6H,3,5H2. The molecule has 92 valence electrons. The zero-order valence-corrected chi connectivity index (χ0v) is 10.1. The minimum absolute atomic E-state index is 0.220. The van der Waals surface area contributed by atoms with Gasteiger partial charge in [0.05, 0.1) is 10.7 Å². The van der Waals surface area contributed by atoms with Crippen LogP contribution in [0.25, 0.3) is 0 Å². The van der Waals surface area contributed by atoms with E-state index >= 15 is 0 Å². The molecule has 8 heteroatoms. The van der Waals surface area contributed by atoms with E-state index in [0.29, 0.717) is 5.69 Å². The fourth-order valence-corrected chi connectivity index (χ4v) is 2.57. The van der Waals surface area contributed by atoms with Crippen molar-refractivity contribution in [3.8, 4) is 0 Å². The van der Waals surface area contributed by atoms with Gasteiger partial charge in [-0.25, -0.2) is 0 Å². The summed E-state index contributed by atoms with van der Waals surface area (Å²) < 4.78 is 34.3. The van der Waals surface area contributed by atoms with Crippen molar-refractivity contribution in [2.45, 2.75) is 11.7 Å². The third-order valence-electron chi connectivity index (χ3n) is 2.53. The Balaban J connectivity index is 2.31. The van der Waals surface area contributed by atoms with E-state index in [0.717, 1.165) is 4.90 Å². The summed E-state index contributed by atoms with van der Waals surface area (Å²) in [4.78, 5) is 16.5. The Morgan fingerprint density at radius 2 is 2.24 bits per heavy atom. The number of carbonyl (C=O) groups excluding carboxylic acids is 1. The number of aromatic nitrogens is 1. The topological polar surface area (TPSA) is 67.3 Å². The largest absolute Gasteiger partial charge is 0.309 e. The first-order valence-corrected chi connectivity index (χ1v) is 6.55. The Labute approximate surface area is 102 Å². The SMILES string of the molecule is O=C1CC(S(=O)(=O)F)CN1c1ccncc1Cl. The first-order chi connectivity index (χ1) is 7.89. The molecule has 0 aliphatic carbocycles. The van der Waals surface area contributed by atoms with Gasteiger partial charge in [-0.15, -0.1) is 3.89 Å². The van der Waals surface area contributed by atoms with Gasteiger partial charge in [0.15, 0.2) is 0 Å². The summed E-state index contributed by atoms with van der Waals surface area (Å²) in [5.41, 5.74) is 0.345. The smallest absolute Gasteiger partial charge is 0.307 e. The maximum atomic E-state index is 12.8. The number of rotatable bonds is 2. The van der Waals surface area contributed by atoms with Crippen LogP contribution >= 0.6 is 11.6 Å². The zero-order chi connectivity index (χ0) is 12.6. The Morgan fingerprint density at radius 3 is 2.76 bits per heavy atom. The van der Waals surface area contributed by atoms with Crippen molar-refractivity contribution in [1.29, 1.82) is 0 Å². The lowest BCUT2D eigenvalue weighted by Crippen LogP contribution is -2.27. The molecule has 5 nitrogen and oxygen atoms in total. The molecule has 1 saturated heterocycles. The molecule has 0 bridgehead atoms. The van der Waals surface area contributed by atoms with Crippen molar-refractivity contribution >= 4 is 33.4 Å². The molecular weight excluding hydrogens is 271 g/mol. The number of halogens is 2. The van der Waals surface area contributed by atoms with Crippen molar-refractivity contribution in [2.75, 3.05) is 11.4 Å². The molecule has 2 rings (SSSR count). The van der Waals surface area contributed by atoms with Crippen molar-refractivity contribution in [2.24, 2.45) is 0 Å². The van der Waals surface area contributed by atoms with E-state index in [4.69, 9.17) is 11.6 Å². The number of nitrogens with zero attached hydrogens (tertiary/aromatic N) is 2. The summed E-state index contributed by atoms with van der Waals surface area (Å²) in [6, 6.07) is 1.48. The molecule has 1 aromatic rings. The van der Waals surface area contributed by atoms with Gasteiger partial charge in [0.2, 0.25) is 5.91 Å². The molecule has 1 amide bonds. The summed E-state index contributed by atoms with van der Waals surface area (Å²) in [7, 11) is -4.71. The minimum Gasteiger partial charge on any atom is -0.309 e. The highest BCUT2D eigenvalue weighted by atomic mass is 35.5. The second-order valence-corrected chi connectivity index (χ2v) is 5.66. The molecule has 17 heavy (non-hydrogen) atoms. The lowest BCUT2D eigenvalue weighted by molar-refractivity contribution is -0.117. The van der Waals surface area contributed by atoms with E-state index < -0.39 is 21.4 Å². The molecule has 2 heterocycles. The van der Waals surface area contributed by atoms with Crippen LogP contribution in [0.3, 0.4) is 0 Å². The number of pyridine rings is 1. The van der Waals surface area contributed by atoms with E-state index in [2.05, 4.69) is 4.98 Å². The third kappa shape index (κ3) is 2.39. The van der Waals surface area contributed by atoms with Crippen molar-refractivity contribution in [1.82, 2.24) is 4.98 Å². The third-order valence-corrected chi connectivity index (χ3v) is 3.93. The molecule has 0 N–H and O–H groups in total. The van der Waals surface area contributed by atoms with Gasteiger partial charge in [0.1, 0.15) is 5.25 Å². The van der Waals surface area contributed by atoms with Crippen LogP contribution < -0.4 is 4.90 Å². The van der Waals surface area contributed by atoms with E-state index in [1.165, 1.54) is 18.5 Å². The fourth-order valence-electron chi connectivity index (χ4n) is 1.68. The number of anilines is 1. The van der Waals surface area contributed by atoms with Crippen LogP contribution in [-0.2, 0) is 15.0 Å². The number of hydrogen-bond acceptors (Lipinski definition) is 4. The van der Waals surface area contributed by atoms with E-state index in [-0.39, 0.29) is 18.0 Å². The van der Waals surface area contributed by atoms with Crippen molar-refractivity contribution in [3.63, 3.8) is 0 Å². The van der Waals surface area contributed by atoms with Gasteiger partial charge in [0.25, 0.3) is 0 Å². The van der Waals surface area contributed by atoms with Crippen LogP contribution in [0.2, 0.25) is 5.02 Å². The van der Waals surface area contributed by atoms with Crippen molar-refractivity contribution < 1.29 is 17.1 Å². The molecule has 1 atom stereocenters. The van der Waals surface area contributed by atoms with Gasteiger partial charge < -0.3 is 4.90 Å². The average Bonchev–Trinajstić information content (AvgIpc) is 2.61. The maximum absolute atomic E-state index is 12.8. The molecule has 0 spiro atoms. The van der Waals surface area contributed by atoms with Crippen LogP contribution in [-0.4, -0.2) is 31.1 Å². The van der Waals surface area contributed by atoms with Gasteiger partial charge in [0, 0.05) is 25.4 Å². The number of carbonyl (C=O) groups is 1. The lowest BCUT2D eigenvalue weighted by atomic mass is 10.3. The predicted octanol–water partition coefficient (Wildman–Crippen LogP) is 1.14. The van der Waals surface area contributed by atoms with E-state index in [1.54, 1.807) is 0 Å². The van der Waals surface area contributed by atoms with Crippen LogP contribution in [0.5, 0.6) is 0 Å². The van der Waals surface area contributed by atoms with Crippen LogP contribution in [0.4, 0.5) is 9.57 Å². The number of amides is 1. The molecule has 0 radical (unpaired) electrons. The highest BCUT2D eigenvalue weighted by Crippen LogP contribution is 2.30. The van der Waals surface area contributed by atoms with Gasteiger partial charge >= 0.3 is 10.2 Å². The molecule has 0 saturated carbocycles. The highest BCUT2D eigenvalue weighted by Gasteiger charge is 2.39. The second kappa shape index (κ2) is 4.23. The summed E-state index contributed by atoms with van der Waals surface area (Å²) in [5, 5.41) is -1.10. The Bertz CT molecular complexity index is 563. The van der Waals surface area contributed by atoms with Gasteiger partial charge in [-0.2, -0.15) is 8.42 Å². The van der Waals surface area contributed by atoms with Gasteiger partial charge in [-0.05, 0) is 6.07 Å². The predicted molar refractivity (Wildman–Crippen MR) is 60.0 cm³/mol. The Kier molecular flexibility index (Phi) is 3.05. The second-order valence-electron chi connectivity index (χ2n) is 3.63. The molecule has 1 unspecified atom stereocenters. The molecule has 1 aliphatic heterocycles. The first-order valence-electron chi connectivity index (χ1n) is 4.73. The maximum Gasteiger partial charge on any atom is 0.307 e. The van der Waals surface area contributed by atoms with Crippen molar-refractivity contribution in [3.05, 3.63) is 23.5 Å². The minimum atomic E-state index is -4.71. The van der Waals surface area contributed by atoms with Gasteiger partial charge in [-0.3, -0.25) is 9.78 Å².